The Balaban J connectivity index is 1.93. The number of aryl methyl sites for hydroxylation is 1. The van der Waals surface area contributed by atoms with Crippen molar-refractivity contribution in [3.63, 3.8) is 0 Å². The molecule has 0 aliphatic rings. The molecule has 0 atom stereocenters. The van der Waals surface area contributed by atoms with E-state index in [1.807, 2.05) is 6.92 Å². The molecule has 142 valence electrons. The third-order valence-corrected chi connectivity index (χ3v) is 5.45. The molecule has 0 unspecified atom stereocenters. The van der Waals surface area contributed by atoms with Gasteiger partial charge in [0, 0.05) is 12.6 Å². The second-order valence-electron chi connectivity index (χ2n) is 5.38. The number of rotatable bonds is 7. The van der Waals surface area contributed by atoms with Gasteiger partial charge >= 0.3 is 0 Å². The molecular weight excluding hydrogens is 390 g/mol. The van der Waals surface area contributed by atoms with Crippen molar-refractivity contribution in [2.45, 2.75) is 18.4 Å². The molecule has 0 fully saturated rings. The monoisotopic (exact) mass is 407 g/mol. The van der Waals surface area contributed by atoms with E-state index in [1.165, 1.54) is 19.3 Å². The van der Waals surface area contributed by atoms with Crippen molar-refractivity contribution in [3.8, 4) is 0 Å². The number of anilines is 4. The van der Waals surface area contributed by atoms with Gasteiger partial charge in [-0.15, -0.1) is 0 Å². The lowest BCUT2D eigenvalue weighted by Crippen LogP contribution is -2.19. The summed E-state index contributed by atoms with van der Waals surface area (Å²) < 4.78 is 28.5. The molecule has 2 heterocycles. The van der Waals surface area contributed by atoms with Crippen LogP contribution in [0.15, 0.2) is 47.6 Å². The normalized spacial score (nSPS) is 11.4. The van der Waals surface area contributed by atoms with Gasteiger partial charge in [-0.1, -0.05) is 23.7 Å². The minimum atomic E-state index is -3.65. The fraction of sp³-hybridized carbons (Fsp3) is 0.188. The third kappa shape index (κ3) is 4.18. The van der Waals surface area contributed by atoms with Crippen LogP contribution in [0.1, 0.15) is 6.92 Å². The van der Waals surface area contributed by atoms with E-state index in [2.05, 4.69) is 30.4 Å². The van der Waals surface area contributed by atoms with Crippen molar-refractivity contribution < 1.29 is 8.42 Å². The minimum absolute atomic E-state index is 0.0840. The number of hydrogen-bond donors (Lipinski definition) is 3. The van der Waals surface area contributed by atoms with Gasteiger partial charge in [-0.3, -0.25) is 0 Å². The topological polar surface area (TPSA) is 114 Å². The number of nitrogens with zero attached hydrogens (tertiary/aromatic N) is 4. The Morgan fingerprint density at radius 2 is 1.96 bits per heavy atom. The van der Waals surface area contributed by atoms with Crippen LogP contribution < -0.4 is 15.4 Å². The lowest BCUT2D eigenvalue weighted by molar-refractivity contribution is 0.588. The summed E-state index contributed by atoms with van der Waals surface area (Å²) in [5, 5.41) is 10.4. The average Bonchev–Trinajstić information content (AvgIpc) is 3.12. The van der Waals surface area contributed by atoms with E-state index in [0.29, 0.717) is 18.2 Å². The summed E-state index contributed by atoms with van der Waals surface area (Å²) >= 11 is 6.19. The van der Waals surface area contributed by atoms with Crippen LogP contribution in [0.3, 0.4) is 0 Å². The molecule has 0 aliphatic heterocycles. The van der Waals surface area contributed by atoms with Crippen molar-refractivity contribution in [3.05, 3.63) is 47.7 Å². The highest BCUT2D eigenvalue weighted by atomic mass is 35.5. The molecule has 11 heteroatoms. The highest BCUT2D eigenvalue weighted by molar-refractivity contribution is 7.89. The van der Waals surface area contributed by atoms with Gasteiger partial charge < -0.3 is 10.6 Å². The highest BCUT2D eigenvalue weighted by Gasteiger charge is 2.17. The minimum Gasteiger partial charge on any atom is -0.338 e. The molecule has 0 radical (unpaired) electrons. The van der Waals surface area contributed by atoms with E-state index in [-0.39, 0.29) is 15.7 Å². The first-order valence-corrected chi connectivity index (χ1v) is 9.91. The standard InChI is InChI=1S/C16H18ClN7O2S/c1-3-24-14(8-9-20-24)22-16-19-10-11(17)15(23-16)21-12-6-4-5-7-13(12)27(25,26)18-2/h4-10,18H,3H2,1-2H3,(H2,19,21,22,23). The Morgan fingerprint density at radius 1 is 1.19 bits per heavy atom. The number of sulfonamides is 1. The summed E-state index contributed by atoms with van der Waals surface area (Å²) in [4.78, 5) is 8.58. The molecule has 3 rings (SSSR count). The Morgan fingerprint density at radius 3 is 2.70 bits per heavy atom. The van der Waals surface area contributed by atoms with Crippen molar-refractivity contribution in [1.29, 1.82) is 0 Å². The summed E-state index contributed by atoms with van der Waals surface area (Å²) in [7, 11) is -2.30. The lowest BCUT2D eigenvalue weighted by atomic mass is 10.3. The van der Waals surface area contributed by atoms with E-state index in [0.717, 1.165) is 5.82 Å². The number of hydrogen-bond acceptors (Lipinski definition) is 7. The smallest absolute Gasteiger partial charge is 0.242 e. The van der Waals surface area contributed by atoms with Gasteiger partial charge in [-0.2, -0.15) is 10.1 Å². The van der Waals surface area contributed by atoms with Gasteiger partial charge in [0.2, 0.25) is 16.0 Å². The van der Waals surface area contributed by atoms with Crippen molar-refractivity contribution in [1.82, 2.24) is 24.5 Å². The van der Waals surface area contributed by atoms with Crippen LogP contribution >= 0.6 is 11.6 Å². The number of nitrogens with one attached hydrogen (secondary N) is 3. The largest absolute Gasteiger partial charge is 0.338 e. The Kier molecular flexibility index (Phi) is 5.59. The van der Waals surface area contributed by atoms with Gasteiger partial charge in [-0.25, -0.2) is 22.8 Å². The summed E-state index contributed by atoms with van der Waals surface area (Å²) in [6, 6.07) is 8.26. The molecule has 0 aliphatic carbocycles. The Labute approximate surface area is 161 Å². The maximum Gasteiger partial charge on any atom is 0.242 e. The van der Waals surface area contributed by atoms with E-state index < -0.39 is 10.0 Å². The Hall–Kier alpha value is -2.69. The number of para-hydroxylation sites is 1. The van der Waals surface area contributed by atoms with Gasteiger partial charge in [-0.05, 0) is 26.1 Å². The predicted molar refractivity (Wildman–Crippen MR) is 104 cm³/mol. The molecule has 3 N–H and O–H groups in total. The molecule has 2 aromatic heterocycles. The predicted octanol–water partition coefficient (Wildman–Crippen LogP) is 2.74. The lowest BCUT2D eigenvalue weighted by Gasteiger charge is -2.13. The Bertz CT molecular complexity index is 1050. The molecule has 0 bridgehead atoms. The molecule has 9 nitrogen and oxygen atoms in total. The SMILES string of the molecule is CCn1nccc1Nc1ncc(Cl)c(Nc2ccccc2S(=O)(=O)NC)n1. The van der Waals surface area contributed by atoms with Crippen LogP contribution in [0.5, 0.6) is 0 Å². The first-order valence-electron chi connectivity index (χ1n) is 8.05. The van der Waals surface area contributed by atoms with Crippen LogP contribution in [0.2, 0.25) is 5.02 Å². The first-order chi connectivity index (χ1) is 12.9. The van der Waals surface area contributed by atoms with Gasteiger partial charge in [0.1, 0.15) is 15.7 Å². The fourth-order valence-electron chi connectivity index (χ4n) is 2.36. The average molecular weight is 408 g/mol. The second kappa shape index (κ2) is 7.91. The van der Waals surface area contributed by atoms with E-state index in [1.54, 1.807) is 35.1 Å². The van der Waals surface area contributed by atoms with Crippen molar-refractivity contribution >= 4 is 44.9 Å². The zero-order chi connectivity index (χ0) is 19.4. The van der Waals surface area contributed by atoms with E-state index >= 15 is 0 Å². The summed E-state index contributed by atoms with van der Waals surface area (Å²) in [5.41, 5.74) is 0.344. The first kappa shape index (κ1) is 19.1. The summed E-state index contributed by atoms with van der Waals surface area (Å²) in [6.07, 6.45) is 3.10. The maximum absolute atomic E-state index is 12.2. The van der Waals surface area contributed by atoms with Crippen LogP contribution in [0, 0.1) is 0 Å². The highest BCUT2D eigenvalue weighted by Crippen LogP contribution is 2.28. The summed E-state index contributed by atoms with van der Waals surface area (Å²) in [5.74, 6) is 1.30. The van der Waals surface area contributed by atoms with Gasteiger partial charge in [0.15, 0.2) is 5.82 Å². The molecule has 27 heavy (non-hydrogen) atoms. The van der Waals surface area contributed by atoms with Crippen molar-refractivity contribution in [2.24, 2.45) is 0 Å². The molecule has 0 spiro atoms. The molecular formula is C16H18ClN7O2S. The quantitative estimate of drug-likeness (QED) is 0.551. The number of benzene rings is 1. The summed E-state index contributed by atoms with van der Waals surface area (Å²) in [6.45, 7) is 2.65. The fourth-order valence-corrected chi connectivity index (χ4v) is 3.39. The zero-order valence-electron chi connectivity index (χ0n) is 14.6. The molecule has 0 saturated carbocycles. The molecule has 0 saturated heterocycles. The van der Waals surface area contributed by atoms with Crippen molar-refractivity contribution in [2.75, 3.05) is 17.7 Å². The second-order valence-corrected chi connectivity index (χ2v) is 7.64. The number of halogens is 1. The molecule has 3 aromatic rings. The number of aromatic nitrogens is 4. The zero-order valence-corrected chi connectivity index (χ0v) is 16.2. The van der Waals surface area contributed by atoms with Crippen LogP contribution in [0.4, 0.5) is 23.3 Å². The van der Waals surface area contributed by atoms with Crippen LogP contribution in [-0.4, -0.2) is 35.2 Å². The van der Waals surface area contributed by atoms with Gasteiger partial charge in [0.05, 0.1) is 18.1 Å². The third-order valence-electron chi connectivity index (χ3n) is 3.70. The van der Waals surface area contributed by atoms with Crippen LogP contribution in [-0.2, 0) is 16.6 Å². The van der Waals surface area contributed by atoms with E-state index in [9.17, 15) is 8.42 Å². The van der Waals surface area contributed by atoms with Gasteiger partial charge in [0.25, 0.3) is 0 Å². The molecule has 1 aromatic carbocycles. The van der Waals surface area contributed by atoms with E-state index in [4.69, 9.17) is 11.6 Å². The molecule has 0 amide bonds. The van der Waals surface area contributed by atoms with Crippen LogP contribution in [0.25, 0.3) is 0 Å². The maximum atomic E-state index is 12.2.